The Morgan fingerprint density at radius 3 is 2.56 bits per heavy atom. The van der Waals surface area contributed by atoms with Crippen LogP contribution in [0.1, 0.15) is 10.4 Å². The van der Waals surface area contributed by atoms with Crippen LogP contribution in [0.2, 0.25) is 0 Å². The zero-order valence-corrected chi connectivity index (χ0v) is 18.9. The van der Waals surface area contributed by atoms with Crippen LogP contribution in [0.15, 0.2) is 71.9 Å². The van der Waals surface area contributed by atoms with Crippen molar-refractivity contribution < 1.29 is 19.1 Å². The molecule has 34 heavy (non-hydrogen) atoms. The van der Waals surface area contributed by atoms with Gasteiger partial charge in [-0.1, -0.05) is 36.4 Å². The lowest BCUT2D eigenvalue weighted by Crippen LogP contribution is -2.26. The van der Waals surface area contributed by atoms with Gasteiger partial charge in [-0.3, -0.25) is 14.2 Å². The van der Waals surface area contributed by atoms with Gasteiger partial charge in [-0.25, -0.2) is 9.78 Å². The molecular weight excluding hydrogens is 436 g/mol. The van der Waals surface area contributed by atoms with Gasteiger partial charge in [0.25, 0.3) is 5.56 Å². The lowest BCUT2D eigenvalue weighted by atomic mass is 10.1. The third-order valence-electron chi connectivity index (χ3n) is 5.34. The molecule has 0 unspecified atom stereocenters. The number of rotatable bonds is 8. The Morgan fingerprint density at radius 1 is 1.03 bits per heavy atom. The summed E-state index contributed by atoms with van der Waals surface area (Å²) >= 11 is 0. The largest absolute Gasteiger partial charge is 0.465 e. The molecule has 0 aliphatic rings. The van der Waals surface area contributed by atoms with E-state index in [-0.39, 0.29) is 18.0 Å². The van der Waals surface area contributed by atoms with Gasteiger partial charge in [0.1, 0.15) is 17.6 Å². The molecule has 0 fully saturated rings. The Kier molecular flexibility index (Phi) is 6.84. The Hall–Kier alpha value is -4.24. The van der Waals surface area contributed by atoms with Gasteiger partial charge >= 0.3 is 5.97 Å². The number of nitrogens with one attached hydrogen (secondary N) is 1. The zero-order chi connectivity index (χ0) is 24.1. The second-order valence-corrected chi connectivity index (χ2v) is 7.59. The Balaban J connectivity index is 1.70. The highest BCUT2D eigenvalue weighted by atomic mass is 16.5. The Labute approximate surface area is 195 Å². The van der Waals surface area contributed by atoms with Gasteiger partial charge in [0.2, 0.25) is 5.91 Å². The predicted molar refractivity (Wildman–Crippen MR) is 128 cm³/mol. The summed E-state index contributed by atoms with van der Waals surface area (Å²) in [6.07, 6.45) is 3.26. The predicted octanol–water partition coefficient (Wildman–Crippen LogP) is 2.94. The molecule has 9 heteroatoms. The molecule has 2 aromatic carbocycles. The molecule has 2 heterocycles. The summed E-state index contributed by atoms with van der Waals surface area (Å²) in [4.78, 5) is 42.5. The van der Waals surface area contributed by atoms with Gasteiger partial charge in [-0.15, -0.1) is 0 Å². The summed E-state index contributed by atoms with van der Waals surface area (Å²) in [5, 5.41) is 2.78. The second-order valence-electron chi connectivity index (χ2n) is 7.59. The summed E-state index contributed by atoms with van der Waals surface area (Å²) in [6, 6.07) is 16.0. The summed E-state index contributed by atoms with van der Waals surface area (Å²) in [6.45, 7) is 0.587. The molecule has 174 valence electrons. The molecule has 0 radical (unpaired) electrons. The third-order valence-corrected chi connectivity index (χ3v) is 5.34. The van der Waals surface area contributed by atoms with Gasteiger partial charge < -0.3 is 19.4 Å². The number of hydrogen-bond donors (Lipinski definition) is 1. The smallest absolute Gasteiger partial charge is 0.337 e. The van der Waals surface area contributed by atoms with Crippen molar-refractivity contribution in [3.63, 3.8) is 0 Å². The highest BCUT2D eigenvalue weighted by Gasteiger charge is 2.18. The van der Waals surface area contributed by atoms with Crippen molar-refractivity contribution in [1.82, 2.24) is 14.1 Å². The molecule has 2 aromatic heterocycles. The van der Waals surface area contributed by atoms with Gasteiger partial charge in [-0.2, -0.15) is 0 Å². The van der Waals surface area contributed by atoms with Crippen molar-refractivity contribution in [1.29, 1.82) is 0 Å². The number of esters is 1. The van der Waals surface area contributed by atoms with Crippen LogP contribution in [0.25, 0.3) is 22.2 Å². The minimum Gasteiger partial charge on any atom is -0.465 e. The maximum Gasteiger partial charge on any atom is 0.337 e. The standard InChI is InChI=1S/C25H24N4O5/c1-33-12-11-28-16-26-22-20(17-7-4-3-5-8-17)14-29(23(22)24(28)31)15-21(30)27-19-10-6-9-18(13-19)25(32)34-2/h3-10,13-14,16H,11-12,15H2,1-2H3,(H,27,30). The lowest BCUT2D eigenvalue weighted by molar-refractivity contribution is -0.116. The molecule has 0 bridgehead atoms. The van der Waals surface area contributed by atoms with Crippen LogP contribution >= 0.6 is 0 Å². The fraction of sp³-hybridized carbons (Fsp3) is 0.200. The van der Waals surface area contributed by atoms with Crippen molar-refractivity contribution in [2.75, 3.05) is 26.1 Å². The summed E-state index contributed by atoms with van der Waals surface area (Å²) < 4.78 is 12.9. The van der Waals surface area contributed by atoms with Crippen LogP contribution in [0.3, 0.4) is 0 Å². The molecule has 1 N–H and O–H groups in total. The number of carbonyl (C=O) groups excluding carboxylic acids is 2. The molecule has 0 atom stereocenters. The number of fused-ring (bicyclic) bond motifs is 1. The van der Waals surface area contributed by atoms with Crippen LogP contribution in [0, 0.1) is 0 Å². The number of ether oxygens (including phenoxy) is 2. The van der Waals surface area contributed by atoms with Crippen molar-refractivity contribution >= 4 is 28.6 Å². The number of aromatic nitrogens is 3. The van der Waals surface area contributed by atoms with E-state index in [1.807, 2.05) is 30.3 Å². The Morgan fingerprint density at radius 2 is 1.82 bits per heavy atom. The number of methoxy groups -OCH3 is 2. The maximum absolute atomic E-state index is 13.3. The van der Waals surface area contributed by atoms with E-state index in [1.54, 1.807) is 36.1 Å². The summed E-state index contributed by atoms with van der Waals surface area (Å²) in [5.41, 5.74) is 3.00. The number of hydrogen-bond acceptors (Lipinski definition) is 6. The van der Waals surface area contributed by atoms with E-state index in [2.05, 4.69) is 10.3 Å². The monoisotopic (exact) mass is 460 g/mol. The van der Waals surface area contributed by atoms with Gasteiger partial charge in [-0.05, 0) is 23.8 Å². The van der Waals surface area contributed by atoms with Crippen LogP contribution in [-0.2, 0) is 27.4 Å². The minimum atomic E-state index is -0.498. The van der Waals surface area contributed by atoms with Crippen molar-refractivity contribution in [2.24, 2.45) is 0 Å². The number of anilines is 1. The number of benzene rings is 2. The molecule has 0 saturated carbocycles. The highest BCUT2D eigenvalue weighted by Crippen LogP contribution is 2.27. The molecule has 0 aliphatic heterocycles. The fourth-order valence-electron chi connectivity index (χ4n) is 3.72. The van der Waals surface area contributed by atoms with Gasteiger partial charge in [0, 0.05) is 24.6 Å². The third kappa shape index (κ3) is 4.74. The van der Waals surface area contributed by atoms with E-state index >= 15 is 0 Å². The fourth-order valence-corrected chi connectivity index (χ4v) is 3.72. The van der Waals surface area contributed by atoms with E-state index in [4.69, 9.17) is 9.47 Å². The highest BCUT2D eigenvalue weighted by molar-refractivity contribution is 5.97. The molecule has 0 spiro atoms. The number of amides is 1. The topological polar surface area (TPSA) is 104 Å². The molecule has 0 saturated heterocycles. The summed E-state index contributed by atoms with van der Waals surface area (Å²) in [5.74, 6) is -0.854. The average molecular weight is 460 g/mol. The zero-order valence-electron chi connectivity index (χ0n) is 18.9. The SMILES string of the molecule is COCCn1cnc2c(-c3ccccc3)cn(CC(=O)Nc3cccc(C(=O)OC)c3)c2c1=O. The first-order chi connectivity index (χ1) is 16.5. The Bertz CT molecular complexity index is 1390. The second kappa shape index (κ2) is 10.1. The number of carbonyl (C=O) groups is 2. The van der Waals surface area contributed by atoms with Crippen molar-refractivity contribution in [3.05, 3.63) is 83.0 Å². The molecule has 4 aromatic rings. The first-order valence-corrected chi connectivity index (χ1v) is 10.6. The van der Waals surface area contributed by atoms with Gasteiger partial charge in [0.05, 0.1) is 32.2 Å². The molecule has 9 nitrogen and oxygen atoms in total. The van der Waals surface area contributed by atoms with Crippen molar-refractivity contribution in [2.45, 2.75) is 13.1 Å². The molecule has 4 rings (SSSR count). The normalized spacial score (nSPS) is 10.9. The van der Waals surface area contributed by atoms with E-state index in [0.717, 1.165) is 11.1 Å². The van der Waals surface area contributed by atoms with E-state index in [0.29, 0.717) is 35.4 Å². The first-order valence-electron chi connectivity index (χ1n) is 10.6. The quantitative estimate of drug-likeness (QED) is 0.406. The molecule has 1 amide bonds. The van der Waals surface area contributed by atoms with Crippen LogP contribution < -0.4 is 10.9 Å². The van der Waals surface area contributed by atoms with Crippen LogP contribution in [-0.4, -0.2) is 46.8 Å². The van der Waals surface area contributed by atoms with Crippen molar-refractivity contribution in [3.8, 4) is 11.1 Å². The first kappa shape index (κ1) is 22.9. The van der Waals surface area contributed by atoms with Crippen LogP contribution in [0.5, 0.6) is 0 Å². The van der Waals surface area contributed by atoms with E-state index in [9.17, 15) is 14.4 Å². The minimum absolute atomic E-state index is 0.114. The van der Waals surface area contributed by atoms with E-state index < -0.39 is 5.97 Å². The van der Waals surface area contributed by atoms with Gasteiger partial charge in [0.15, 0.2) is 0 Å². The molecular formula is C25H24N4O5. The molecule has 0 aliphatic carbocycles. The average Bonchev–Trinajstić information content (AvgIpc) is 3.22. The van der Waals surface area contributed by atoms with E-state index in [1.165, 1.54) is 24.1 Å². The number of nitrogens with zero attached hydrogens (tertiary/aromatic N) is 3. The summed E-state index contributed by atoms with van der Waals surface area (Å²) in [7, 11) is 2.86. The maximum atomic E-state index is 13.3. The van der Waals surface area contributed by atoms with Crippen LogP contribution in [0.4, 0.5) is 5.69 Å². The lowest BCUT2D eigenvalue weighted by Gasteiger charge is -2.09.